The van der Waals surface area contributed by atoms with Crippen molar-refractivity contribution in [2.24, 2.45) is 7.05 Å². The summed E-state index contributed by atoms with van der Waals surface area (Å²) in [4.78, 5) is 21.2. The predicted octanol–water partition coefficient (Wildman–Crippen LogP) is 2.33. The maximum absolute atomic E-state index is 11.8. The highest BCUT2D eigenvalue weighted by atomic mass is 32.1. The van der Waals surface area contributed by atoms with Crippen LogP contribution in [-0.2, 0) is 7.05 Å². The highest BCUT2D eigenvalue weighted by Gasteiger charge is 2.21. The molecule has 7 heteroatoms. The van der Waals surface area contributed by atoms with E-state index in [1.54, 1.807) is 30.6 Å². The molecule has 4 rings (SSSR count). The largest absolute Gasteiger partial charge is 0.367 e. The van der Waals surface area contributed by atoms with Crippen LogP contribution in [0, 0.1) is 13.8 Å². The molecule has 0 saturated carbocycles. The fraction of sp³-hybridized carbons (Fsp3) is 0.389. The summed E-state index contributed by atoms with van der Waals surface area (Å²) in [6.45, 7) is 7.79. The number of hydrogen-bond donors (Lipinski definition) is 0. The Kier molecular flexibility index (Phi) is 3.95. The van der Waals surface area contributed by atoms with E-state index in [1.807, 2.05) is 0 Å². The van der Waals surface area contributed by atoms with E-state index in [-0.39, 0.29) is 5.56 Å². The second-order valence-electron chi connectivity index (χ2n) is 6.50. The van der Waals surface area contributed by atoms with Crippen LogP contribution in [0.4, 0.5) is 10.8 Å². The van der Waals surface area contributed by atoms with Gasteiger partial charge in [0, 0.05) is 39.3 Å². The van der Waals surface area contributed by atoms with Crippen LogP contribution in [0.5, 0.6) is 0 Å². The highest BCUT2D eigenvalue weighted by molar-refractivity contribution is 7.22. The minimum absolute atomic E-state index is 0.0723. The molecule has 0 aliphatic carbocycles. The molecule has 2 aromatic heterocycles. The van der Waals surface area contributed by atoms with E-state index in [4.69, 9.17) is 4.98 Å². The van der Waals surface area contributed by atoms with Crippen molar-refractivity contribution in [3.05, 3.63) is 45.9 Å². The zero-order valence-electron chi connectivity index (χ0n) is 14.7. The maximum Gasteiger partial charge on any atom is 0.268 e. The molecular formula is C18H21N5OS. The number of nitrogens with zero attached hydrogens (tertiary/aromatic N) is 5. The number of thiazole rings is 1. The SMILES string of the molecule is Cc1ccc2sc(N3CCN(c4cnn(C)c(=O)c4)CC3)nc2c1C. The molecule has 0 bridgehead atoms. The van der Waals surface area contributed by atoms with Gasteiger partial charge >= 0.3 is 0 Å². The number of aromatic nitrogens is 3. The summed E-state index contributed by atoms with van der Waals surface area (Å²) < 4.78 is 2.60. The van der Waals surface area contributed by atoms with Crippen LogP contribution in [-0.4, -0.2) is 40.9 Å². The van der Waals surface area contributed by atoms with Crippen LogP contribution in [0.3, 0.4) is 0 Å². The summed E-state index contributed by atoms with van der Waals surface area (Å²) in [5.41, 5.74) is 4.51. The third-order valence-electron chi connectivity index (χ3n) is 4.94. The standard InChI is InChI=1S/C18H21N5OS/c1-12-4-5-15-17(13(12)2)20-18(25-15)23-8-6-22(7-9-23)14-10-16(24)21(3)19-11-14/h4-5,10-11H,6-9H2,1-3H3. The molecule has 3 aromatic rings. The molecule has 1 fully saturated rings. The molecule has 0 amide bonds. The lowest BCUT2D eigenvalue weighted by Gasteiger charge is -2.35. The van der Waals surface area contributed by atoms with Gasteiger partial charge < -0.3 is 9.80 Å². The Balaban J connectivity index is 1.53. The van der Waals surface area contributed by atoms with Gasteiger partial charge in [0.2, 0.25) is 0 Å². The molecule has 0 unspecified atom stereocenters. The third-order valence-corrected chi connectivity index (χ3v) is 6.02. The average molecular weight is 355 g/mol. The molecule has 1 aliphatic rings. The first-order chi connectivity index (χ1) is 12.0. The second-order valence-corrected chi connectivity index (χ2v) is 7.51. The van der Waals surface area contributed by atoms with E-state index in [9.17, 15) is 4.79 Å². The molecule has 1 aliphatic heterocycles. The normalized spacial score (nSPS) is 15.2. The lowest BCUT2D eigenvalue weighted by molar-refractivity contribution is 0.642. The topological polar surface area (TPSA) is 54.3 Å². The lowest BCUT2D eigenvalue weighted by Crippen LogP contribution is -2.47. The molecule has 130 valence electrons. The van der Waals surface area contributed by atoms with Gasteiger partial charge in [-0.25, -0.2) is 9.67 Å². The Labute approximate surface area is 150 Å². The van der Waals surface area contributed by atoms with Crippen molar-refractivity contribution in [1.82, 2.24) is 14.8 Å². The van der Waals surface area contributed by atoms with Crippen LogP contribution in [0.1, 0.15) is 11.1 Å². The first-order valence-corrected chi connectivity index (χ1v) is 9.24. The summed E-state index contributed by atoms with van der Waals surface area (Å²) in [5, 5.41) is 5.20. The van der Waals surface area contributed by atoms with Crippen LogP contribution in [0.25, 0.3) is 10.2 Å². The van der Waals surface area contributed by atoms with E-state index in [1.165, 1.54) is 20.5 Å². The van der Waals surface area contributed by atoms with Crippen molar-refractivity contribution >= 4 is 32.4 Å². The van der Waals surface area contributed by atoms with Crippen molar-refractivity contribution in [2.45, 2.75) is 13.8 Å². The van der Waals surface area contributed by atoms with Crippen LogP contribution >= 0.6 is 11.3 Å². The maximum atomic E-state index is 11.8. The van der Waals surface area contributed by atoms with Crippen molar-refractivity contribution in [2.75, 3.05) is 36.0 Å². The first-order valence-electron chi connectivity index (χ1n) is 8.43. The number of aryl methyl sites for hydroxylation is 3. The van der Waals surface area contributed by atoms with Crippen LogP contribution in [0.15, 0.2) is 29.2 Å². The first kappa shape index (κ1) is 16.1. The fourth-order valence-electron chi connectivity index (χ4n) is 3.14. The summed E-state index contributed by atoms with van der Waals surface area (Å²) in [5.74, 6) is 0. The predicted molar refractivity (Wildman–Crippen MR) is 103 cm³/mol. The van der Waals surface area contributed by atoms with Gasteiger partial charge in [0.1, 0.15) is 0 Å². The Bertz CT molecular complexity index is 985. The number of hydrogen-bond acceptors (Lipinski definition) is 6. The summed E-state index contributed by atoms with van der Waals surface area (Å²) in [6, 6.07) is 5.99. The molecule has 0 radical (unpaired) electrons. The third kappa shape index (κ3) is 2.89. The minimum atomic E-state index is -0.0723. The quantitative estimate of drug-likeness (QED) is 0.706. The second kappa shape index (κ2) is 6.15. The lowest BCUT2D eigenvalue weighted by atomic mass is 10.1. The highest BCUT2D eigenvalue weighted by Crippen LogP contribution is 2.32. The van der Waals surface area contributed by atoms with Crippen molar-refractivity contribution in [1.29, 1.82) is 0 Å². The monoisotopic (exact) mass is 355 g/mol. The molecular weight excluding hydrogens is 334 g/mol. The summed E-state index contributed by atoms with van der Waals surface area (Å²) in [7, 11) is 1.67. The Hall–Kier alpha value is -2.41. The van der Waals surface area contributed by atoms with Crippen molar-refractivity contribution in [3.63, 3.8) is 0 Å². The molecule has 3 heterocycles. The van der Waals surface area contributed by atoms with Gasteiger partial charge in [-0.2, -0.15) is 5.10 Å². The summed E-state index contributed by atoms with van der Waals surface area (Å²) in [6.07, 6.45) is 1.76. The molecule has 0 atom stereocenters. The van der Waals surface area contributed by atoms with Crippen LogP contribution in [0.2, 0.25) is 0 Å². The van der Waals surface area contributed by atoms with Gasteiger partial charge in [-0.1, -0.05) is 17.4 Å². The van der Waals surface area contributed by atoms with Crippen LogP contribution < -0.4 is 15.4 Å². The van der Waals surface area contributed by atoms with Crippen molar-refractivity contribution in [3.8, 4) is 0 Å². The molecule has 1 saturated heterocycles. The number of fused-ring (bicyclic) bond motifs is 1. The number of anilines is 2. The number of rotatable bonds is 2. The number of benzene rings is 1. The van der Waals surface area contributed by atoms with Gasteiger partial charge in [-0.3, -0.25) is 4.79 Å². The molecule has 25 heavy (non-hydrogen) atoms. The van der Waals surface area contributed by atoms with E-state index < -0.39 is 0 Å². The Morgan fingerprint density at radius 2 is 1.80 bits per heavy atom. The Morgan fingerprint density at radius 3 is 2.52 bits per heavy atom. The van der Waals surface area contributed by atoms with Gasteiger partial charge in [-0.05, 0) is 31.0 Å². The van der Waals surface area contributed by atoms with Gasteiger partial charge in [0.15, 0.2) is 5.13 Å². The molecule has 0 N–H and O–H groups in total. The van der Waals surface area contributed by atoms with E-state index >= 15 is 0 Å². The molecule has 0 spiro atoms. The average Bonchev–Trinajstić information content (AvgIpc) is 3.06. The number of piperazine rings is 1. The fourth-order valence-corrected chi connectivity index (χ4v) is 4.22. The van der Waals surface area contributed by atoms with Gasteiger partial charge in [-0.15, -0.1) is 0 Å². The van der Waals surface area contributed by atoms with Crippen molar-refractivity contribution < 1.29 is 0 Å². The van der Waals surface area contributed by atoms with Gasteiger partial charge in [0.05, 0.1) is 22.1 Å². The zero-order chi connectivity index (χ0) is 17.6. The minimum Gasteiger partial charge on any atom is -0.367 e. The van der Waals surface area contributed by atoms with Gasteiger partial charge in [0.25, 0.3) is 5.56 Å². The van der Waals surface area contributed by atoms with E-state index in [0.29, 0.717) is 0 Å². The van der Waals surface area contributed by atoms with E-state index in [0.717, 1.165) is 42.5 Å². The Morgan fingerprint density at radius 1 is 1.08 bits per heavy atom. The molecule has 1 aromatic carbocycles. The molecule has 6 nitrogen and oxygen atoms in total. The van der Waals surface area contributed by atoms with E-state index in [2.05, 4.69) is 40.9 Å². The smallest absolute Gasteiger partial charge is 0.268 e. The zero-order valence-corrected chi connectivity index (χ0v) is 15.5. The summed E-state index contributed by atoms with van der Waals surface area (Å²) >= 11 is 1.76.